The van der Waals surface area contributed by atoms with Gasteiger partial charge in [-0.1, -0.05) is 25.1 Å². The fourth-order valence-corrected chi connectivity index (χ4v) is 3.97. The molecule has 0 bridgehead atoms. The first-order chi connectivity index (χ1) is 16.3. The molecule has 2 fully saturated rings. The van der Waals surface area contributed by atoms with Crippen molar-refractivity contribution >= 4 is 33.5 Å². The number of ether oxygens (including phenoxy) is 5. The first-order valence-electron chi connectivity index (χ1n) is 11.4. The van der Waals surface area contributed by atoms with Crippen molar-refractivity contribution in [1.82, 2.24) is 5.32 Å². The Morgan fingerprint density at radius 3 is 2.44 bits per heavy atom. The molecule has 34 heavy (non-hydrogen) atoms. The quantitative estimate of drug-likeness (QED) is 0.393. The van der Waals surface area contributed by atoms with Gasteiger partial charge in [-0.25, -0.2) is 4.79 Å². The summed E-state index contributed by atoms with van der Waals surface area (Å²) >= 11 is 0. The predicted molar refractivity (Wildman–Crippen MR) is 122 cm³/mol. The van der Waals surface area contributed by atoms with Crippen LogP contribution in [-0.2, 0) is 33.3 Å². The van der Waals surface area contributed by atoms with Gasteiger partial charge in [0.1, 0.15) is 34.0 Å². The summed E-state index contributed by atoms with van der Waals surface area (Å²) in [4.78, 5) is 36.2. The third-order valence-corrected chi connectivity index (χ3v) is 5.80. The molecular weight excluding hydrogens is 440 g/mol. The largest absolute Gasteiger partial charge is 0.457 e. The number of nitrogens with one attached hydrogen (secondary N) is 1. The summed E-state index contributed by atoms with van der Waals surface area (Å²) in [5, 5.41) is 2.46. The van der Waals surface area contributed by atoms with Gasteiger partial charge in [-0.2, -0.15) is 0 Å². The highest BCUT2D eigenvalue weighted by Gasteiger charge is 2.46. The molecule has 2 aliphatic rings. The highest BCUT2D eigenvalue weighted by atomic mass is 16.6. The molecule has 0 aromatic heterocycles. The monoisotopic (exact) mass is 469 g/mol. The minimum absolute atomic E-state index is 0.00485. The van der Waals surface area contributed by atoms with Crippen molar-refractivity contribution in [1.29, 1.82) is 0 Å². The summed E-state index contributed by atoms with van der Waals surface area (Å²) in [7, 11) is 13.5. The van der Waals surface area contributed by atoms with Crippen LogP contribution >= 0.6 is 0 Å². The van der Waals surface area contributed by atoms with Crippen LogP contribution in [-0.4, -0.2) is 89.7 Å². The Balaban J connectivity index is 1.59. The number of hydrogen-bond donors (Lipinski definition) is 1. The highest BCUT2D eigenvalue weighted by molar-refractivity contribution is 6.11. The van der Waals surface area contributed by atoms with Gasteiger partial charge in [-0.3, -0.25) is 9.59 Å². The van der Waals surface area contributed by atoms with Crippen molar-refractivity contribution in [3.8, 4) is 0 Å². The van der Waals surface area contributed by atoms with Gasteiger partial charge < -0.3 is 29.0 Å². The Labute approximate surface area is 202 Å². The molecule has 4 radical (unpaired) electrons. The lowest BCUT2D eigenvalue weighted by molar-refractivity contribution is -0.160. The number of amides is 1. The molecule has 0 aliphatic carbocycles. The number of carbonyl (C=O) groups excluding carboxylic acids is 3. The number of hydrogen-bond acceptors (Lipinski definition) is 8. The summed E-state index contributed by atoms with van der Waals surface area (Å²) in [5.41, 5.74) is 0.420. The van der Waals surface area contributed by atoms with E-state index in [2.05, 4.69) is 5.32 Å². The van der Waals surface area contributed by atoms with Gasteiger partial charge in [0.05, 0.1) is 24.7 Å². The number of benzene rings is 1. The zero-order valence-corrected chi connectivity index (χ0v) is 19.4. The maximum absolute atomic E-state index is 12.5. The van der Waals surface area contributed by atoms with Crippen molar-refractivity contribution in [3.63, 3.8) is 0 Å². The fourth-order valence-electron chi connectivity index (χ4n) is 3.97. The van der Waals surface area contributed by atoms with Gasteiger partial charge in [0.2, 0.25) is 5.91 Å². The molecule has 0 spiro atoms. The molecule has 7 atom stereocenters. The second-order valence-corrected chi connectivity index (χ2v) is 8.23. The molecule has 2 saturated heterocycles. The van der Waals surface area contributed by atoms with Crippen LogP contribution in [0.2, 0.25) is 0 Å². The molecule has 180 valence electrons. The zero-order valence-electron chi connectivity index (χ0n) is 19.4. The molecule has 2 heterocycles. The van der Waals surface area contributed by atoms with Crippen molar-refractivity contribution < 1.29 is 38.1 Å². The summed E-state index contributed by atoms with van der Waals surface area (Å²) < 4.78 is 28.6. The van der Waals surface area contributed by atoms with Crippen molar-refractivity contribution in [3.05, 3.63) is 35.9 Å². The Morgan fingerprint density at radius 2 is 1.76 bits per heavy atom. The van der Waals surface area contributed by atoms with E-state index >= 15 is 0 Å². The van der Waals surface area contributed by atoms with Crippen LogP contribution in [0.15, 0.2) is 30.3 Å². The topological polar surface area (TPSA) is 109 Å². The van der Waals surface area contributed by atoms with Crippen LogP contribution in [0.25, 0.3) is 0 Å². The number of carbonyl (C=O) groups is 3. The van der Waals surface area contributed by atoms with Crippen LogP contribution in [0.4, 0.5) is 0 Å². The van der Waals surface area contributed by atoms with Gasteiger partial charge in [0.15, 0.2) is 6.10 Å². The minimum Gasteiger partial charge on any atom is -0.457 e. The number of rotatable bonds is 10. The standard InChI is InChI=1S/C23H29B2NO8/c1-3-14-20(34-19(28)10-9-18(27)26-2)21(22(25)32-14)30-12-16-15(11-17(24)31-16)33-23(29)13-7-5-4-6-8-13/h4-8,14-17,20-22H,3,9-12H2,1-2H3,(H,26,27)/t14-,15-,16-,17-,20+,21?,22-/m1/s1. The molecule has 2 aliphatic heterocycles. The lowest BCUT2D eigenvalue weighted by Crippen LogP contribution is -2.42. The second kappa shape index (κ2) is 12.4. The first kappa shape index (κ1) is 26.2. The fraction of sp³-hybridized carbons (Fsp3) is 0.609. The normalized spacial score (nSPS) is 30.6. The van der Waals surface area contributed by atoms with Gasteiger partial charge in [0.25, 0.3) is 0 Å². The van der Waals surface area contributed by atoms with Crippen LogP contribution in [0.5, 0.6) is 0 Å². The van der Waals surface area contributed by atoms with E-state index in [9.17, 15) is 14.4 Å². The van der Waals surface area contributed by atoms with Crippen molar-refractivity contribution in [2.24, 2.45) is 0 Å². The molecule has 9 nitrogen and oxygen atoms in total. The van der Waals surface area contributed by atoms with E-state index < -0.39 is 54.5 Å². The van der Waals surface area contributed by atoms with E-state index in [-0.39, 0.29) is 25.4 Å². The van der Waals surface area contributed by atoms with Crippen LogP contribution < -0.4 is 5.32 Å². The third kappa shape index (κ3) is 6.84. The van der Waals surface area contributed by atoms with Crippen molar-refractivity contribution in [2.75, 3.05) is 13.7 Å². The Bertz CT molecular complexity index is 842. The SMILES string of the molecule is [B][C@@H]1O[C@H](CC)[C@H](OC(=O)CCC(=O)NC)C1OC[C@H]1O[C@@H]([B])C[C@H]1OC(=O)c1ccccc1. The van der Waals surface area contributed by atoms with E-state index in [1.54, 1.807) is 30.3 Å². The molecule has 1 aromatic rings. The van der Waals surface area contributed by atoms with Crippen molar-refractivity contribution in [2.45, 2.75) is 75.1 Å². The molecule has 1 amide bonds. The summed E-state index contributed by atoms with van der Waals surface area (Å²) in [5.74, 6) is -1.29. The van der Waals surface area contributed by atoms with E-state index in [1.165, 1.54) is 7.05 Å². The first-order valence-corrected chi connectivity index (χ1v) is 11.4. The average molecular weight is 469 g/mol. The van der Waals surface area contributed by atoms with Gasteiger partial charge >= 0.3 is 11.9 Å². The highest BCUT2D eigenvalue weighted by Crippen LogP contribution is 2.30. The van der Waals surface area contributed by atoms with E-state index in [0.717, 1.165) is 0 Å². The smallest absolute Gasteiger partial charge is 0.338 e. The molecule has 1 aromatic carbocycles. The average Bonchev–Trinajstić information content (AvgIpc) is 3.34. The van der Waals surface area contributed by atoms with Gasteiger partial charge in [0, 0.05) is 31.9 Å². The Hall–Kier alpha value is -2.36. The number of esters is 2. The molecule has 1 unspecified atom stereocenters. The molecule has 0 saturated carbocycles. The lowest BCUT2D eigenvalue weighted by atomic mass is 9.92. The van der Waals surface area contributed by atoms with Gasteiger partial charge in [-0.15, -0.1) is 0 Å². The minimum atomic E-state index is -0.831. The molecule has 1 N–H and O–H groups in total. The van der Waals surface area contributed by atoms with Gasteiger partial charge in [-0.05, 0) is 18.6 Å². The van der Waals surface area contributed by atoms with Crippen LogP contribution in [0.1, 0.15) is 43.0 Å². The molecular formula is C23H29B2NO8. The molecule has 11 heteroatoms. The Kier molecular flexibility index (Phi) is 9.55. The Morgan fingerprint density at radius 1 is 1.03 bits per heavy atom. The van der Waals surface area contributed by atoms with E-state index in [1.807, 2.05) is 6.92 Å². The zero-order chi connectivity index (χ0) is 24.7. The second-order valence-electron chi connectivity index (χ2n) is 8.23. The van der Waals surface area contributed by atoms with Crippen LogP contribution in [0, 0.1) is 0 Å². The third-order valence-electron chi connectivity index (χ3n) is 5.80. The molecule has 3 rings (SSSR count). The predicted octanol–water partition coefficient (Wildman–Crippen LogP) is 0.622. The summed E-state index contributed by atoms with van der Waals surface area (Å²) in [6, 6.07) is 7.17. The van der Waals surface area contributed by atoms with E-state index in [0.29, 0.717) is 18.4 Å². The maximum Gasteiger partial charge on any atom is 0.338 e. The lowest BCUT2D eigenvalue weighted by Gasteiger charge is -2.26. The van der Waals surface area contributed by atoms with E-state index in [4.69, 9.17) is 39.4 Å². The summed E-state index contributed by atoms with van der Waals surface area (Å²) in [6.07, 6.45) is -2.42. The van der Waals surface area contributed by atoms with Crippen LogP contribution in [0.3, 0.4) is 0 Å². The summed E-state index contributed by atoms with van der Waals surface area (Å²) in [6.45, 7) is 1.88. The maximum atomic E-state index is 12.5.